The number of carbonyl (C=O) groups excluding carboxylic acids is 2. The number of aryl methyl sites for hydroxylation is 2. The molecule has 12 nitrogen and oxygen atoms in total. The van der Waals surface area contributed by atoms with E-state index in [-0.39, 0.29) is 84.6 Å². The quantitative estimate of drug-likeness (QED) is 0.190. The van der Waals surface area contributed by atoms with Crippen LogP contribution in [-0.4, -0.2) is 89.9 Å². The molecule has 3 N–H and O–H groups in total. The number of aromatic amines is 1. The minimum atomic E-state index is -1.01. The van der Waals surface area contributed by atoms with Crippen molar-refractivity contribution in [2.24, 2.45) is 0 Å². The first-order valence-electron chi connectivity index (χ1n) is 16.0. The number of rotatable bonds is 10. The number of ketones is 2. The van der Waals surface area contributed by atoms with Crippen molar-refractivity contribution >= 4 is 34.8 Å². The molecule has 4 heterocycles. The molecule has 0 aliphatic carbocycles. The number of hydrogen-bond donors (Lipinski definition) is 3. The van der Waals surface area contributed by atoms with E-state index in [9.17, 15) is 27.2 Å². The van der Waals surface area contributed by atoms with E-state index in [1.54, 1.807) is 16.8 Å². The molecule has 4 aromatic rings. The normalized spacial score (nSPS) is 20.5. The second kappa shape index (κ2) is 16.0. The van der Waals surface area contributed by atoms with Gasteiger partial charge in [0.15, 0.2) is 5.82 Å². The van der Waals surface area contributed by atoms with Crippen LogP contribution in [0, 0.1) is 11.6 Å². The zero-order valence-electron chi connectivity index (χ0n) is 27.5. The van der Waals surface area contributed by atoms with Crippen molar-refractivity contribution < 1.29 is 27.2 Å². The fourth-order valence-corrected chi connectivity index (χ4v) is 6.23. The number of halogens is 6. The molecule has 0 unspecified atom stereocenters. The molecule has 268 valence electrons. The van der Waals surface area contributed by atoms with Crippen LogP contribution in [0.3, 0.4) is 0 Å². The predicted molar refractivity (Wildman–Crippen MR) is 177 cm³/mol. The van der Waals surface area contributed by atoms with Crippen molar-refractivity contribution in [3.05, 3.63) is 57.1 Å². The number of alkyl halides is 2. The Morgan fingerprint density at radius 2 is 1.36 bits per heavy atom. The summed E-state index contributed by atoms with van der Waals surface area (Å²) in [5, 5.41) is 30.7. The maximum atomic E-state index is 14.5. The molecule has 0 bridgehead atoms. The minimum absolute atomic E-state index is 0.0544. The SMILES string of the molecule is CC(C)(C)n1nnnc1-c1cc(Cl)c(F)c(CCC(=O)[C@@H]2C[C@@H](F)CN2)c1.O=C(CCc1cc(-c2nn[nH]n2)cc(Cl)c1F)[C@@H]1C[C@@H](F)CN1. The van der Waals surface area contributed by atoms with Gasteiger partial charge in [-0.05, 0) is 84.6 Å². The van der Waals surface area contributed by atoms with E-state index in [0.717, 1.165) is 0 Å². The van der Waals surface area contributed by atoms with E-state index < -0.39 is 36.1 Å². The highest BCUT2D eigenvalue weighted by atomic mass is 35.5. The summed E-state index contributed by atoms with van der Waals surface area (Å²) in [7, 11) is 0. The molecular weight excluding hydrogens is 703 g/mol. The second-order valence-electron chi connectivity index (χ2n) is 13.2. The monoisotopic (exact) mass is 738 g/mol. The molecule has 0 radical (unpaired) electrons. The Morgan fingerprint density at radius 3 is 1.82 bits per heavy atom. The van der Waals surface area contributed by atoms with Gasteiger partial charge in [-0.2, -0.15) is 5.21 Å². The Bertz CT molecular complexity index is 1820. The Morgan fingerprint density at radius 1 is 0.840 bits per heavy atom. The molecule has 2 aliphatic rings. The number of hydrogen-bond acceptors (Lipinski definition) is 10. The van der Waals surface area contributed by atoms with E-state index in [2.05, 4.69) is 46.8 Å². The van der Waals surface area contributed by atoms with Gasteiger partial charge in [-0.3, -0.25) is 9.59 Å². The minimum Gasteiger partial charge on any atom is -0.304 e. The zero-order chi connectivity index (χ0) is 36.2. The number of Topliss-reactive ketones (excluding diaryl/α,β-unsaturated/α-hetero) is 2. The number of nitrogens with one attached hydrogen (secondary N) is 3. The van der Waals surface area contributed by atoms with E-state index in [1.165, 1.54) is 12.1 Å². The number of nitrogens with zero attached hydrogens (tertiary/aromatic N) is 7. The lowest BCUT2D eigenvalue weighted by atomic mass is 9.99. The number of carbonyl (C=O) groups is 2. The van der Waals surface area contributed by atoms with Crippen LogP contribution >= 0.6 is 23.2 Å². The number of tetrazole rings is 2. The standard InChI is InChI=1S/C18H22ClF2N5O.C14H14ClF2N5O/c1-18(2,3)26-17(23-24-25-26)11-6-10(16(21)13(19)7-11)4-5-15(27)14-8-12(20)9-22-14;15-10-4-8(14-19-21-22-20-14)3-7(13(10)17)1-2-12(23)11-5-9(16)6-18-11/h6-7,12,14,22H,4-5,8-9H2,1-3H3;3-4,9,11,18H,1-2,5-6H2,(H,19,20,21,22)/t12-,14+;9-,11+/m11/s1. The fraction of sp³-hybridized carbons (Fsp3) is 0.500. The van der Waals surface area contributed by atoms with Crippen LogP contribution < -0.4 is 10.6 Å². The third-order valence-electron chi connectivity index (χ3n) is 8.39. The van der Waals surface area contributed by atoms with Gasteiger partial charge in [0.1, 0.15) is 35.5 Å². The Balaban J connectivity index is 0.000000197. The molecule has 0 amide bonds. The number of benzene rings is 2. The summed E-state index contributed by atoms with van der Waals surface area (Å²) in [6.07, 6.45) is -1.12. The maximum Gasteiger partial charge on any atom is 0.204 e. The highest BCUT2D eigenvalue weighted by molar-refractivity contribution is 6.31. The van der Waals surface area contributed by atoms with Crippen LogP contribution in [0.4, 0.5) is 17.6 Å². The van der Waals surface area contributed by atoms with Crippen molar-refractivity contribution in [2.45, 2.75) is 89.3 Å². The highest BCUT2D eigenvalue weighted by Crippen LogP contribution is 2.30. The lowest BCUT2D eigenvalue weighted by Gasteiger charge is -2.20. The molecule has 2 aromatic heterocycles. The average molecular weight is 740 g/mol. The van der Waals surface area contributed by atoms with Gasteiger partial charge in [0.25, 0.3) is 0 Å². The molecule has 2 fully saturated rings. The van der Waals surface area contributed by atoms with Crippen molar-refractivity contribution in [2.75, 3.05) is 13.1 Å². The Labute approximate surface area is 295 Å². The van der Waals surface area contributed by atoms with Gasteiger partial charge in [-0.1, -0.05) is 23.2 Å². The van der Waals surface area contributed by atoms with Gasteiger partial charge >= 0.3 is 0 Å². The van der Waals surface area contributed by atoms with E-state index in [0.29, 0.717) is 28.1 Å². The van der Waals surface area contributed by atoms with Crippen LogP contribution in [0.15, 0.2) is 24.3 Å². The predicted octanol–water partition coefficient (Wildman–Crippen LogP) is 4.95. The molecule has 0 spiro atoms. The molecule has 50 heavy (non-hydrogen) atoms. The third kappa shape index (κ3) is 9.08. The Kier molecular flexibility index (Phi) is 12.0. The van der Waals surface area contributed by atoms with Gasteiger partial charge < -0.3 is 10.6 Å². The van der Waals surface area contributed by atoms with Gasteiger partial charge in [0, 0.05) is 49.9 Å². The van der Waals surface area contributed by atoms with Crippen LogP contribution in [0.5, 0.6) is 0 Å². The van der Waals surface area contributed by atoms with Gasteiger partial charge in [-0.25, -0.2) is 22.2 Å². The van der Waals surface area contributed by atoms with Crippen LogP contribution in [-0.2, 0) is 28.0 Å². The molecule has 18 heteroatoms. The smallest absolute Gasteiger partial charge is 0.204 e. The molecule has 2 aliphatic heterocycles. The topological polar surface area (TPSA) is 156 Å². The summed E-state index contributed by atoms with van der Waals surface area (Å²) in [4.78, 5) is 24.3. The van der Waals surface area contributed by atoms with E-state index >= 15 is 0 Å². The molecule has 2 saturated heterocycles. The summed E-state index contributed by atoms with van der Waals surface area (Å²) in [5.74, 6) is -0.645. The lowest BCUT2D eigenvalue weighted by Crippen LogP contribution is -2.30. The van der Waals surface area contributed by atoms with Gasteiger partial charge in [0.05, 0.1) is 27.7 Å². The van der Waals surface area contributed by atoms with Crippen molar-refractivity contribution in [3.63, 3.8) is 0 Å². The first-order valence-corrected chi connectivity index (χ1v) is 16.8. The van der Waals surface area contributed by atoms with Crippen LogP contribution in [0.25, 0.3) is 22.8 Å². The van der Waals surface area contributed by atoms with Gasteiger partial charge in [-0.15, -0.1) is 15.3 Å². The van der Waals surface area contributed by atoms with E-state index in [4.69, 9.17) is 23.2 Å². The molecule has 2 aromatic carbocycles. The summed E-state index contributed by atoms with van der Waals surface area (Å²) >= 11 is 12.0. The van der Waals surface area contributed by atoms with Crippen molar-refractivity contribution in [1.82, 2.24) is 51.5 Å². The molecule has 4 atom stereocenters. The van der Waals surface area contributed by atoms with Crippen molar-refractivity contribution in [3.8, 4) is 22.8 Å². The first kappa shape index (κ1) is 37.4. The largest absolute Gasteiger partial charge is 0.304 e. The average Bonchev–Trinajstić information content (AvgIpc) is 3.90. The number of aromatic nitrogens is 8. The number of H-pyrrole nitrogens is 1. The summed E-state index contributed by atoms with van der Waals surface area (Å²) in [6.45, 7) is 6.21. The maximum absolute atomic E-state index is 14.5. The van der Waals surface area contributed by atoms with Crippen LogP contribution in [0.2, 0.25) is 10.0 Å². The molecule has 0 saturated carbocycles. The van der Waals surface area contributed by atoms with E-state index in [1.807, 2.05) is 20.8 Å². The first-order chi connectivity index (χ1) is 23.7. The Hall–Kier alpha value is -3.86. The summed E-state index contributed by atoms with van der Waals surface area (Å²) in [5.41, 5.74) is 1.32. The molecular formula is C32H36Cl2F4N10O2. The summed E-state index contributed by atoms with van der Waals surface area (Å²) in [6, 6.07) is 5.03. The van der Waals surface area contributed by atoms with Crippen LogP contribution in [0.1, 0.15) is 57.6 Å². The summed E-state index contributed by atoms with van der Waals surface area (Å²) < 4.78 is 56.6. The zero-order valence-corrected chi connectivity index (χ0v) is 29.0. The fourth-order valence-electron chi connectivity index (χ4n) is 5.76. The lowest BCUT2D eigenvalue weighted by molar-refractivity contribution is -0.121. The highest BCUT2D eigenvalue weighted by Gasteiger charge is 2.30. The second-order valence-corrected chi connectivity index (χ2v) is 14.0. The third-order valence-corrected chi connectivity index (χ3v) is 8.94. The molecule has 6 rings (SSSR count). The van der Waals surface area contributed by atoms with Gasteiger partial charge in [0.2, 0.25) is 5.82 Å². The van der Waals surface area contributed by atoms with Crippen molar-refractivity contribution in [1.29, 1.82) is 0 Å².